The summed E-state index contributed by atoms with van der Waals surface area (Å²) in [5, 5.41) is 2.97. The van der Waals surface area contributed by atoms with Crippen LogP contribution in [0.25, 0.3) is 0 Å². The fourth-order valence-corrected chi connectivity index (χ4v) is 4.08. The van der Waals surface area contributed by atoms with Crippen LogP contribution in [-0.4, -0.2) is 81.8 Å². The third-order valence-electron chi connectivity index (χ3n) is 5.80. The molecule has 150 valence electrons. The minimum atomic E-state index is -0.456. The molecule has 0 bridgehead atoms. The molecule has 1 aromatic carbocycles. The quantitative estimate of drug-likeness (QED) is 0.708. The number of carbonyl (C=O) groups excluding carboxylic acids is 2. The second kappa shape index (κ2) is 7.81. The summed E-state index contributed by atoms with van der Waals surface area (Å²) in [6.07, 6.45) is 0. The monoisotopic (exact) mass is 387 g/mol. The molecule has 3 heterocycles. The molecule has 0 aliphatic carbocycles. The molecule has 4 rings (SSSR count). The van der Waals surface area contributed by atoms with Crippen molar-refractivity contribution < 1.29 is 24.0 Å². The van der Waals surface area contributed by atoms with Crippen LogP contribution in [0.15, 0.2) is 35.5 Å². The van der Waals surface area contributed by atoms with Crippen molar-refractivity contribution in [3.63, 3.8) is 0 Å². The third kappa shape index (κ3) is 3.45. The number of urea groups is 1. The highest BCUT2D eigenvalue weighted by Crippen LogP contribution is 2.36. The van der Waals surface area contributed by atoms with Crippen LogP contribution in [0.4, 0.5) is 4.79 Å². The fourth-order valence-electron chi connectivity index (χ4n) is 4.08. The maximum Gasteiger partial charge on any atom is 0.322 e. The van der Waals surface area contributed by atoms with E-state index in [0.29, 0.717) is 24.4 Å². The molecule has 0 saturated carbocycles. The maximum atomic E-state index is 13.2. The van der Waals surface area contributed by atoms with Gasteiger partial charge in [-0.15, -0.1) is 0 Å². The van der Waals surface area contributed by atoms with Gasteiger partial charge in [-0.2, -0.15) is 0 Å². The van der Waals surface area contributed by atoms with Gasteiger partial charge < -0.3 is 24.6 Å². The largest absolute Gasteiger partial charge is 0.497 e. The molecular weight excluding hydrogens is 360 g/mol. The lowest BCUT2D eigenvalue weighted by atomic mass is 9.95. The number of amides is 3. The Hall–Kier alpha value is -2.58. The highest BCUT2D eigenvalue weighted by Gasteiger charge is 2.43. The number of morpholine rings is 1. The summed E-state index contributed by atoms with van der Waals surface area (Å²) in [6.45, 7) is 5.54. The minimum absolute atomic E-state index is 0.00216. The molecule has 1 aromatic rings. The number of quaternary nitrogens is 1. The topological polar surface area (TPSA) is 75.6 Å². The molecule has 2 N–H and O–H groups in total. The van der Waals surface area contributed by atoms with E-state index in [1.165, 1.54) is 4.90 Å². The lowest BCUT2D eigenvalue weighted by Gasteiger charge is -2.31. The van der Waals surface area contributed by atoms with Crippen molar-refractivity contribution in [3.8, 4) is 5.75 Å². The summed E-state index contributed by atoms with van der Waals surface area (Å²) in [5.41, 5.74) is 2.30. The molecule has 0 spiro atoms. The first-order chi connectivity index (χ1) is 13.6. The van der Waals surface area contributed by atoms with Crippen LogP contribution in [-0.2, 0) is 9.53 Å². The van der Waals surface area contributed by atoms with E-state index in [-0.39, 0.29) is 11.9 Å². The second-order valence-electron chi connectivity index (χ2n) is 7.42. The van der Waals surface area contributed by atoms with E-state index in [1.807, 2.05) is 29.2 Å². The fraction of sp³-hybridized carbons (Fsp3) is 0.500. The second-order valence-corrected chi connectivity index (χ2v) is 7.42. The minimum Gasteiger partial charge on any atom is -0.497 e. The van der Waals surface area contributed by atoms with Gasteiger partial charge in [-0.1, -0.05) is 12.1 Å². The summed E-state index contributed by atoms with van der Waals surface area (Å²) >= 11 is 0. The Labute approximate surface area is 164 Å². The zero-order valence-electron chi connectivity index (χ0n) is 16.4. The maximum absolute atomic E-state index is 13.2. The van der Waals surface area contributed by atoms with E-state index < -0.39 is 6.04 Å². The van der Waals surface area contributed by atoms with Crippen LogP contribution in [0, 0.1) is 0 Å². The van der Waals surface area contributed by atoms with E-state index in [1.54, 1.807) is 19.1 Å². The summed E-state index contributed by atoms with van der Waals surface area (Å²) in [5.74, 6) is 0.702. The van der Waals surface area contributed by atoms with Gasteiger partial charge in [0.2, 0.25) is 0 Å². The zero-order valence-corrected chi connectivity index (χ0v) is 16.4. The predicted molar refractivity (Wildman–Crippen MR) is 102 cm³/mol. The van der Waals surface area contributed by atoms with Crippen molar-refractivity contribution in [3.05, 3.63) is 41.1 Å². The van der Waals surface area contributed by atoms with Crippen molar-refractivity contribution >= 4 is 11.9 Å². The molecule has 3 aliphatic heterocycles. The Kier molecular flexibility index (Phi) is 5.23. The predicted octanol–water partition coefficient (Wildman–Crippen LogP) is -0.597. The van der Waals surface area contributed by atoms with E-state index in [0.717, 1.165) is 44.1 Å². The van der Waals surface area contributed by atoms with Crippen LogP contribution < -0.4 is 15.0 Å². The zero-order chi connectivity index (χ0) is 19.7. The number of hydrogen-bond acceptors (Lipinski definition) is 4. The normalized spacial score (nSPS) is 23.1. The molecule has 3 amide bonds. The number of ether oxygens (including phenoxy) is 2. The van der Waals surface area contributed by atoms with Gasteiger partial charge in [0.15, 0.2) is 0 Å². The molecule has 28 heavy (non-hydrogen) atoms. The van der Waals surface area contributed by atoms with Crippen LogP contribution >= 0.6 is 0 Å². The van der Waals surface area contributed by atoms with Crippen molar-refractivity contribution in [2.75, 3.05) is 60.1 Å². The number of benzene rings is 1. The average Bonchev–Trinajstić information content (AvgIpc) is 3.06. The van der Waals surface area contributed by atoms with E-state index in [9.17, 15) is 9.59 Å². The van der Waals surface area contributed by atoms with Crippen LogP contribution in [0.1, 0.15) is 11.6 Å². The molecule has 8 heteroatoms. The Morgan fingerprint density at radius 1 is 1.29 bits per heavy atom. The summed E-state index contributed by atoms with van der Waals surface area (Å²) in [4.78, 5) is 30.6. The van der Waals surface area contributed by atoms with Gasteiger partial charge in [-0.05, 0) is 17.7 Å². The van der Waals surface area contributed by atoms with Crippen molar-refractivity contribution in [1.82, 2.24) is 15.1 Å². The number of nitrogens with one attached hydrogen (secondary N) is 2. The van der Waals surface area contributed by atoms with Crippen LogP contribution in [0.3, 0.4) is 0 Å². The highest BCUT2D eigenvalue weighted by molar-refractivity contribution is 6.01. The molecule has 0 unspecified atom stereocenters. The van der Waals surface area contributed by atoms with Gasteiger partial charge in [0.1, 0.15) is 18.8 Å². The van der Waals surface area contributed by atoms with Crippen molar-refractivity contribution in [1.29, 1.82) is 0 Å². The molecule has 3 aliphatic rings. The number of hydrogen-bond donors (Lipinski definition) is 2. The summed E-state index contributed by atoms with van der Waals surface area (Å²) < 4.78 is 10.7. The number of likely N-dealkylation sites (N-methyl/N-ethyl adjacent to an activating group) is 1. The summed E-state index contributed by atoms with van der Waals surface area (Å²) in [7, 11) is 3.32. The lowest BCUT2D eigenvalue weighted by Crippen LogP contribution is -3.14. The van der Waals surface area contributed by atoms with E-state index in [2.05, 4.69) is 5.32 Å². The first-order valence-electron chi connectivity index (χ1n) is 9.70. The first kappa shape index (κ1) is 18.8. The number of methoxy groups -OCH3 is 1. The SMILES string of the molecule is COc1cccc([C@@H]2NC(=O)N(C)C3=C2C(=O)N(CC[NH+]2CCOCC2)C3)c1. The molecule has 1 saturated heterocycles. The Balaban J connectivity index is 1.55. The molecule has 8 nitrogen and oxygen atoms in total. The highest BCUT2D eigenvalue weighted by atomic mass is 16.5. The van der Waals surface area contributed by atoms with Gasteiger partial charge >= 0.3 is 6.03 Å². The summed E-state index contributed by atoms with van der Waals surface area (Å²) in [6, 6.07) is 6.86. The molecular formula is C20H27N4O4+. The standard InChI is InChI=1S/C20H26N4O4/c1-22-16-13-24(7-6-23-8-10-28-11-9-23)19(25)17(16)18(21-20(22)26)14-4-3-5-15(12-14)27-2/h3-5,12,18H,6-11,13H2,1-2H3,(H,21,26)/p+1/t18-/m0/s1. The van der Waals surface area contributed by atoms with Gasteiger partial charge in [-0.25, -0.2) is 4.79 Å². The Bertz CT molecular complexity index is 803. The Morgan fingerprint density at radius 2 is 2.07 bits per heavy atom. The number of nitrogens with zero attached hydrogens (tertiary/aromatic N) is 2. The van der Waals surface area contributed by atoms with Gasteiger partial charge in [0, 0.05) is 7.05 Å². The molecule has 1 atom stereocenters. The van der Waals surface area contributed by atoms with Gasteiger partial charge in [-0.3, -0.25) is 9.69 Å². The first-order valence-corrected chi connectivity index (χ1v) is 9.70. The van der Waals surface area contributed by atoms with Gasteiger partial charge in [0.25, 0.3) is 5.91 Å². The molecule has 1 fully saturated rings. The third-order valence-corrected chi connectivity index (χ3v) is 5.80. The Morgan fingerprint density at radius 3 is 2.82 bits per heavy atom. The van der Waals surface area contributed by atoms with Crippen LogP contribution in [0.2, 0.25) is 0 Å². The molecule has 0 radical (unpaired) electrons. The van der Waals surface area contributed by atoms with E-state index >= 15 is 0 Å². The average molecular weight is 387 g/mol. The number of carbonyl (C=O) groups is 2. The van der Waals surface area contributed by atoms with Crippen molar-refractivity contribution in [2.24, 2.45) is 0 Å². The van der Waals surface area contributed by atoms with Gasteiger partial charge in [0.05, 0.1) is 57.3 Å². The van der Waals surface area contributed by atoms with Crippen LogP contribution in [0.5, 0.6) is 5.75 Å². The smallest absolute Gasteiger partial charge is 0.322 e. The lowest BCUT2D eigenvalue weighted by molar-refractivity contribution is -0.907. The van der Waals surface area contributed by atoms with Crippen molar-refractivity contribution in [2.45, 2.75) is 6.04 Å². The molecule has 0 aromatic heterocycles. The van der Waals surface area contributed by atoms with E-state index in [4.69, 9.17) is 9.47 Å². The number of rotatable bonds is 5.